The van der Waals surface area contributed by atoms with Crippen molar-refractivity contribution in [1.29, 1.82) is 0 Å². The van der Waals surface area contributed by atoms with Crippen LogP contribution in [0.25, 0.3) is 0 Å². The second-order valence-electron chi connectivity index (χ2n) is 4.92. The second kappa shape index (κ2) is 4.58. The lowest BCUT2D eigenvalue weighted by Gasteiger charge is -2.24. The van der Waals surface area contributed by atoms with Crippen molar-refractivity contribution in [2.75, 3.05) is 13.2 Å². The predicted molar refractivity (Wildman–Crippen MR) is 63.4 cm³/mol. The lowest BCUT2D eigenvalue weighted by atomic mass is 9.79. The zero-order valence-corrected chi connectivity index (χ0v) is 10.3. The highest BCUT2D eigenvalue weighted by atomic mass is 16.5. The van der Waals surface area contributed by atoms with Crippen LogP contribution in [0.4, 0.5) is 0 Å². The van der Waals surface area contributed by atoms with E-state index in [1.165, 1.54) is 0 Å². The Morgan fingerprint density at radius 2 is 2.53 bits per heavy atom. The number of hydrogen-bond donors (Lipinski definition) is 1. The molecule has 1 aliphatic heterocycles. The molecule has 0 aliphatic carbocycles. The Hall–Kier alpha value is -1.20. The van der Waals surface area contributed by atoms with Crippen molar-refractivity contribution in [2.45, 2.75) is 25.8 Å². The molecule has 0 aromatic carbocycles. The molecule has 2 rings (SSSR count). The van der Waals surface area contributed by atoms with E-state index in [-0.39, 0.29) is 11.8 Å². The second-order valence-corrected chi connectivity index (χ2v) is 4.92. The van der Waals surface area contributed by atoms with Gasteiger partial charge in [0.1, 0.15) is 11.6 Å². The lowest BCUT2D eigenvalue weighted by molar-refractivity contribution is -0.128. The molecule has 94 valence electrons. The molecule has 0 radical (unpaired) electrons. The fraction of sp³-hybridized carbons (Fsp3) is 0.667. The van der Waals surface area contributed by atoms with Gasteiger partial charge >= 0.3 is 0 Å². The molecule has 2 unspecified atom stereocenters. The summed E-state index contributed by atoms with van der Waals surface area (Å²) in [4.78, 5) is 16.4. The summed E-state index contributed by atoms with van der Waals surface area (Å²) in [6, 6.07) is -0.184. The quantitative estimate of drug-likeness (QED) is 0.817. The topological polar surface area (TPSA) is 70.1 Å². The Morgan fingerprint density at radius 1 is 1.76 bits per heavy atom. The van der Waals surface area contributed by atoms with Gasteiger partial charge in [-0.05, 0) is 6.92 Å². The number of aryl methyl sites for hydroxylation is 2. The van der Waals surface area contributed by atoms with E-state index in [0.29, 0.717) is 26.1 Å². The maximum atomic E-state index is 12.2. The van der Waals surface area contributed by atoms with E-state index in [0.717, 1.165) is 5.82 Å². The van der Waals surface area contributed by atoms with Crippen LogP contribution in [-0.4, -0.2) is 34.6 Å². The molecule has 0 saturated carbocycles. The van der Waals surface area contributed by atoms with Crippen LogP contribution < -0.4 is 5.73 Å². The third-order valence-electron chi connectivity index (χ3n) is 3.65. The van der Waals surface area contributed by atoms with Gasteiger partial charge < -0.3 is 15.0 Å². The van der Waals surface area contributed by atoms with Gasteiger partial charge in [-0.2, -0.15) is 0 Å². The molecule has 1 aliphatic rings. The SMILES string of the molecule is Cn1ccnc1CCC(=O)C1(C)COCC1N. The molecule has 5 nitrogen and oxygen atoms in total. The molecular weight excluding hydrogens is 218 g/mol. The zero-order chi connectivity index (χ0) is 12.5. The molecule has 1 saturated heterocycles. The summed E-state index contributed by atoms with van der Waals surface area (Å²) < 4.78 is 7.22. The van der Waals surface area contributed by atoms with Crippen molar-refractivity contribution in [1.82, 2.24) is 9.55 Å². The Balaban J connectivity index is 1.96. The van der Waals surface area contributed by atoms with E-state index in [9.17, 15) is 4.79 Å². The number of carbonyl (C=O) groups excluding carboxylic acids is 1. The first kappa shape index (κ1) is 12.3. The number of imidazole rings is 1. The molecule has 1 aromatic heterocycles. The monoisotopic (exact) mass is 237 g/mol. The van der Waals surface area contributed by atoms with E-state index < -0.39 is 5.41 Å². The van der Waals surface area contributed by atoms with Gasteiger partial charge in [-0.15, -0.1) is 0 Å². The molecule has 0 amide bonds. The summed E-state index contributed by atoms with van der Waals surface area (Å²) in [6.07, 6.45) is 4.75. The third kappa shape index (κ3) is 2.25. The minimum Gasteiger partial charge on any atom is -0.379 e. The first-order valence-electron chi connectivity index (χ1n) is 5.87. The van der Waals surface area contributed by atoms with Crippen LogP contribution in [0.2, 0.25) is 0 Å². The number of Topliss-reactive ketones (excluding diaryl/α,β-unsaturated/α-hetero) is 1. The van der Waals surface area contributed by atoms with Gasteiger partial charge in [0.15, 0.2) is 0 Å². The van der Waals surface area contributed by atoms with E-state index >= 15 is 0 Å². The third-order valence-corrected chi connectivity index (χ3v) is 3.65. The summed E-state index contributed by atoms with van der Waals surface area (Å²) in [5.41, 5.74) is 5.40. The van der Waals surface area contributed by atoms with Crippen LogP contribution in [0.3, 0.4) is 0 Å². The highest BCUT2D eigenvalue weighted by Gasteiger charge is 2.43. The maximum absolute atomic E-state index is 12.2. The van der Waals surface area contributed by atoms with Crippen molar-refractivity contribution < 1.29 is 9.53 Å². The van der Waals surface area contributed by atoms with Gasteiger partial charge in [0.25, 0.3) is 0 Å². The molecule has 1 aromatic rings. The maximum Gasteiger partial charge on any atom is 0.143 e. The largest absolute Gasteiger partial charge is 0.379 e. The molecule has 2 N–H and O–H groups in total. The average molecular weight is 237 g/mol. The smallest absolute Gasteiger partial charge is 0.143 e. The number of carbonyl (C=O) groups is 1. The summed E-state index contributed by atoms with van der Waals surface area (Å²) in [6.45, 7) is 2.81. The Labute approximate surface area is 101 Å². The van der Waals surface area contributed by atoms with Gasteiger partial charge in [-0.1, -0.05) is 0 Å². The Bertz CT molecular complexity index is 416. The normalized spacial score (nSPS) is 28.5. The Kier molecular flexibility index (Phi) is 3.31. The number of aromatic nitrogens is 2. The molecule has 1 fully saturated rings. The first-order chi connectivity index (χ1) is 8.04. The Morgan fingerprint density at radius 3 is 3.06 bits per heavy atom. The van der Waals surface area contributed by atoms with Gasteiger partial charge in [-0.3, -0.25) is 4.79 Å². The van der Waals surface area contributed by atoms with Crippen LogP contribution in [0.15, 0.2) is 12.4 Å². The van der Waals surface area contributed by atoms with Crippen LogP contribution in [0.5, 0.6) is 0 Å². The number of hydrogen-bond acceptors (Lipinski definition) is 4. The van der Waals surface area contributed by atoms with E-state index in [1.807, 2.05) is 24.7 Å². The van der Waals surface area contributed by atoms with Crippen molar-refractivity contribution in [2.24, 2.45) is 18.2 Å². The number of rotatable bonds is 4. The fourth-order valence-electron chi connectivity index (χ4n) is 2.12. The minimum absolute atomic E-state index is 0.172. The standard InChI is InChI=1S/C12H19N3O2/c1-12(8-17-7-9(12)13)10(16)3-4-11-14-5-6-15(11)2/h5-6,9H,3-4,7-8,13H2,1-2H3. The van der Waals surface area contributed by atoms with Crippen LogP contribution in [0, 0.1) is 5.41 Å². The number of ether oxygens (including phenoxy) is 1. The van der Waals surface area contributed by atoms with Gasteiger partial charge in [-0.25, -0.2) is 4.98 Å². The van der Waals surface area contributed by atoms with Crippen LogP contribution >= 0.6 is 0 Å². The number of nitrogens with two attached hydrogens (primary N) is 1. The zero-order valence-electron chi connectivity index (χ0n) is 10.3. The van der Waals surface area contributed by atoms with Gasteiger partial charge in [0.05, 0.1) is 18.6 Å². The van der Waals surface area contributed by atoms with E-state index in [1.54, 1.807) is 6.20 Å². The minimum atomic E-state index is -0.523. The van der Waals surface area contributed by atoms with Crippen LogP contribution in [-0.2, 0) is 23.0 Å². The van der Waals surface area contributed by atoms with E-state index in [4.69, 9.17) is 10.5 Å². The average Bonchev–Trinajstić information content (AvgIpc) is 2.84. The molecule has 5 heteroatoms. The summed E-state index contributed by atoms with van der Waals surface area (Å²) in [7, 11) is 1.93. The van der Waals surface area contributed by atoms with Crippen molar-refractivity contribution in [3.05, 3.63) is 18.2 Å². The molecule has 0 spiro atoms. The fourth-order valence-corrected chi connectivity index (χ4v) is 2.12. The van der Waals surface area contributed by atoms with Gasteiger partial charge in [0.2, 0.25) is 0 Å². The highest BCUT2D eigenvalue weighted by Crippen LogP contribution is 2.29. The molecule has 2 heterocycles. The molecular formula is C12H19N3O2. The van der Waals surface area contributed by atoms with E-state index in [2.05, 4.69) is 4.98 Å². The van der Waals surface area contributed by atoms with Gasteiger partial charge in [0, 0.05) is 38.3 Å². The number of nitrogens with zero attached hydrogens (tertiary/aromatic N) is 2. The van der Waals surface area contributed by atoms with Crippen molar-refractivity contribution in [3.63, 3.8) is 0 Å². The summed E-state index contributed by atoms with van der Waals surface area (Å²) in [5, 5.41) is 0. The predicted octanol–water partition coefficient (Wildman–Crippen LogP) is 0.286. The van der Waals surface area contributed by atoms with Crippen molar-refractivity contribution >= 4 is 5.78 Å². The molecule has 0 bridgehead atoms. The molecule has 17 heavy (non-hydrogen) atoms. The highest BCUT2D eigenvalue weighted by molar-refractivity contribution is 5.85. The number of ketones is 1. The van der Waals surface area contributed by atoms with Crippen molar-refractivity contribution in [3.8, 4) is 0 Å². The summed E-state index contributed by atoms with van der Waals surface area (Å²) >= 11 is 0. The van der Waals surface area contributed by atoms with Crippen LogP contribution in [0.1, 0.15) is 19.2 Å². The summed E-state index contributed by atoms with van der Waals surface area (Å²) in [5.74, 6) is 1.10. The molecule has 2 atom stereocenters. The first-order valence-corrected chi connectivity index (χ1v) is 5.87. The lowest BCUT2D eigenvalue weighted by Crippen LogP contribution is -2.44.